The van der Waals surface area contributed by atoms with Gasteiger partial charge >= 0.3 is 0 Å². The maximum Gasteiger partial charge on any atom is 0.126 e. The van der Waals surface area contributed by atoms with Gasteiger partial charge in [0.15, 0.2) is 0 Å². The van der Waals surface area contributed by atoms with E-state index in [-0.39, 0.29) is 0 Å². The lowest BCUT2D eigenvalue weighted by molar-refractivity contribution is 0.186. The van der Waals surface area contributed by atoms with Crippen LogP contribution in [0.3, 0.4) is 0 Å². The molecule has 0 amide bonds. The molecule has 0 N–H and O–H groups in total. The largest absolute Gasteiger partial charge is 0.493 e. The number of benzene rings is 1. The van der Waals surface area contributed by atoms with Crippen LogP contribution in [0.1, 0.15) is 31.2 Å². The zero-order valence-corrected chi connectivity index (χ0v) is 9.61. The van der Waals surface area contributed by atoms with Gasteiger partial charge in [-0.15, -0.1) is 0 Å². The Morgan fingerprint density at radius 3 is 2.88 bits per heavy atom. The first kappa shape index (κ1) is 9.95. The molecule has 1 aliphatic carbocycles. The maximum atomic E-state index is 5.93. The zero-order chi connectivity index (χ0) is 11.0. The third-order valence-corrected chi connectivity index (χ3v) is 4.04. The first-order valence-corrected chi connectivity index (χ1v) is 6.27. The molecule has 84 valence electrons. The van der Waals surface area contributed by atoms with Crippen molar-refractivity contribution in [1.82, 2.24) is 0 Å². The first-order chi connectivity index (χ1) is 7.86. The van der Waals surface area contributed by atoms with Crippen LogP contribution in [0.15, 0.2) is 30.8 Å². The number of fused-ring (bicyclic) bond motifs is 2. The van der Waals surface area contributed by atoms with Crippen LogP contribution in [-0.2, 0) is 0 Å². The van der Waals surface area contributed by atoms with Crippen molar-refractivity contribution in [3.05, 3.63) is 36.4 Å². The summed E-state index contributed by atoms with van der Waals surface area (Å²) in [4.78, 5) is 0. The van der Waals surface area contributed by atoms with Crippen LogP contribution in [-0.4, -0.2) is 6.61 Å². The van der Waals surface area contributed by atoms with Crippen LogP contribution in [0.5, 0.6) is 5.75 Å². The van der Waals surface area contributed by atoms with E-state index >= 15 is 0 Å². The number of allylic oxidation sites excluding steroid dienone is 1. The minimum atomic E-state index is 0.650. The predicted octanol–water partition coefficient (Wildman–Crippen LogP) is 3.90. The van der Waals surface area contributed by atoms with Crippen LogP contribution in [0.4, 0.5) is 0 Å². The zero-order valence-electron chi connectivity index (χ0n) is 9.61. The van der Waals surface area contributed by atoms with Gasteiger partial charge in [0.1, 0.15) is 5.75 Å². The summed E-state index contributed by atoms with van der Waals surface area (Å²) in [7, 11) is 0. The molecule has 0 spiro atoms. The van der Waals surface area contributed by atoms with E-state index in [9.17, 15) is 0 Å². The molecule has 2 atom stereocenters. The standard InChI is InChI=1S/C15H18O/c1-11-13-7-3-2-6-12(13)10-16-15-9-5-4-8-14(11)15/h4-5,8-9,12-13H,1-3,6-7,10H2/t12-,13-/m0/s1. The van der Waals surface area contributed by atoms with E-state index in [0.717, 1.165) is 12.4 Å². The van der Waals surface area contributed by atoms with Crippen molar-refractivity contribution in [2.24, 2.45) is 11.8 Å². The van der Waals surface area contributed by atoms with Crippen LogP contribution in [0.2, 0.25) is 0 Å². The molecule has 1 aromatic carbocycles. The molecule has 0 saturated heterocycles. The van der Waals surface area contributed by atoms with Crippen molar-refractivity contribution in [3.63, 3.8) is 0 Å². The van der Waals surface area contributed by atoms with Crippen molar-refractivity contribution in [1.29, 1.82) is 0 Å². The fraction of sp³-hybridized carbons (Fsp3) is 0.467. The molecule has 0 radical (unpaired) electrons. The average molecular weight is 214 g/mol. The molecule has 0 bridgehead atoms. The SMILES string of the molecule is C=C1c2ccccc2OC[C@@H]2CCCC[C@@H]12. The van der Waals surface area contributed by atoms with Crippen molar-refractivity contribution < 1.29 is 4.74 Å². The van der Waals surface area contributed by atoms with Gasteiger partial charge in [-0.1, -0.05) is 37.6 Å². The molecule has 3 rings (SSSR count). The van der Waals surface area contributed by atoms with Gasteiger partial charge in [-0.25, -0.2) is 0 Å². The molecule has 1 aromatic rings. The molecule has 1 heteroatoms. The highest BCUT2D eigenvalue weighted by Gasteiger charge is 2.31. The van der Waals surface area contributed by atoms with E-state index in [0.29, 0.717) is 11.8 Å². The third kappa shape index (κ3) is 1.55. The van der Waals surface area contributed by atoms with E-state index in [1.54, 1.807) is 0 Å². The van der Waals surface area contributed by atoms with Crippen LogP contribution < -0.4 is 4.74 Å². The van der Waals surface area contributed by atoms with Gasteiger partial charge in [-0.3, -0.25) is 0 Å². The van der Waals surface area contributed by atoms with Crippen molar-refractivity contribution >= 4 is 5.57 Å². The molecule has 1 heterocycles. The van der Waals surface area contributed by atoms with Gasteiger partial charge in [0.25, 0.3) is 0 Å². The molecular weight excluding hydrogens is 196 g/mol. The molecule has 16 heavy (non-hydrogen) atoms. The van der Waals surface area contributed by atoms with Crippen molar-refractivity contribution in [2.45, 2.75) is 25.7 Å². The molecule has 1 fully saturated rings. The van der Waals surface area contributed by atoms with E-state index in [1.165, 1.54) is 36.8 Å². The lowest BCUT2D eigenvalue weighted by atomic mass is 9.75. The highest BCUT2D eigenvalue weighted by molar-refractivity contribution is 5.71. The Balaban J connectivity index is 1.99. The number of hydrogen-bond acceptors (Lipinski definition) is 1. The monoisotopic (exact) mass is 214 g/mol. The van der Waals surface area contributed by atoms with Gasteiger partial charge < -0.3 is 4.74 Å². The van der Waals surface area contributed by atoms with Crippen molar-refractivity contribution in [3.8, 4) is 5.75 Å². The number of ether oxygens (including phenoxy) is 1. The molecular formula is C15H18O. The summed E-state index contributed by atoms with van der Waals surface area (Å²) in [5, 5.41) is 0. The van der Waals surface area contributed by atoms with Gasteiger partial charge in [-0.05, 0) is 36.3 Å². The Morgan fingerprint density at radius 2 is 1.94 bits per heavy atom. The summed E-state index contributed by atoms with van der Waals surface area (Å²) in [6, 6.07) is 8.34. The quantitative estimate of drug-likeness (QED) is 0.636. The fourth-order valence-electron chi connectivity index (χ4n) is 3.12. The average Bonchev–Trinajstić information content (AvgIpc) is 2.49. The second-order valence-corrected chi connectivity index (χ2v) is 4.98. The lowest BCUT2D eigenvalue weighted by Gasteiger charge is -2.30. The number of rotatable bonds is 0. The summed E-state index contributed by atoms with van der Waals surface area (Å²) >= 11 is 0. The fourth-order valence-corrected chi connectivity index (χ4v) is 3.12. The first-order valence-electron chi connectivity index (χ1n) is 6.27. The summed E-state index contributed by atoms with van der Waals surface area (Å²) in [6.45, 7) is 5.20. The van der Waals surface area contributed by atoms with Crippen LogP contribution in [0.25, 0.3) is 5.57 Å². The third-order valence-electron chi connectivity index (χ3n) is 4.04. The Bertz CT molecular complexity index is 408. The molecule has 0 unspecified atom stereocenters. The highest BCUT2D eigenvalue weighted by Crippen LogP contribution is 2.43. The maximum absolute atomic E-state index is 5.93. The van der Waals surface area contributed by atoms with Crippen LogP contribution >= 0.6 is 0 Å². The summed E-state index contributed by atoms with van der Waals surface area (Å²) < 4.78 is 5.93. The minimum absolute atomic E-state index is 0.650. The summed E-state index contributed by atoms with van der Waals surface area (Å²) in [5.41, 5.74) is 2.54. The van der Waals surface area contributed by atoms with Gasteiger partial charge in [0.2, 0.25) is 0 Å². The van der Waals surface area contributed by atoms with E-state index in [4.69, 9.17) is 4.74 Å². The molecule has 0 aromatic heterocycles. The highest BCUT2D eigenvalue weighted by atomic mass is 16.5. The Kier molecular flexibility index (Phi) is 2.47. The van der Waals surface area contributed by atoms with Crippen LogP contribution in [0, 0.1) is 11.8 Å². The van der Waals surface area contributed by atoms with E-state index in [1.807, 2.05) is 6.07 Å². The second kappa shape index (κ2) is 3.97. The molecule has 2 aliphatic rings. The Hall–Kier alpha value is -1.24. The normalized spacial score (nSPS) is 28.6. The second-order valence-electron chi connectivity index (χ2n) is 4.98. The summed E-state index contributed by atoms with van der Waals surface area (Å²) in [5.74, 6) is 2.37. The molecule has 1 nitrogen and oxygen atoms in total. The van der Waals surface area contributed by atoms with Crippen molar-refractivity contribution in [2.75, 3.05) is 6.61 Å². The minimum Gasteiger partial charge on any atom is -0.493 e. The number of hydrogen-bond donors (Lipinski definition) is 0. The van der Waals surface area contributed by atoms with Gasteiger partial charge in [-0.2, -0.15) is 0 Å². The van der Waals surface area contributed by atoms with E-state index in [2.05, 4.69) is 24.8 Å². The molecule has 1 aliphatic heterocycles. The van der Waals surface area contributed by atoms with Gasteiger partial charge in [0.05, 0.1) is 6.61 Å². The Morgan fingerprint density at radius 1 is 1.12 bits per heavy atom. The predicted molar refractivity (Wildman–Crippen MR) is 66.4 cm³/mol. The Labute approximate surface area is 97.1 Å². The molecule has 1 saturated carbocycles. The van der Waals surface area contributed by atoms with Gasteiger partial charge in [0, 0.05) is 5.56 Å². The summed E-state index contributed by atoms with van der Waals surface area (Å²) in [6.07, 6.45) is 5.30. The number of para-hydroxylation sites is 1. The smallest absolute Gasteiger partial charge is 0.126 e. The van der Waals surface area contributed by atoms with E-state index < -0.39 is 0 Å². The lowest BCUT2D eigenvalue weighted by Crippen LogP contribution is -2.23. The topological polar surface area (TPSA) is 9.23 Å².